The predicted octanol–water partition coefficient (Wildman–Crippen LogP) is 2.46. The third kappa shape index (κ3) is 6.13. The first kappa shape index (κ1) is 26.5. The second-order valence-electron chi connectivity index (χ2n) is 7.37. The van der Waals surface area contributed by atoms with Crippen LogP contribution in [0.3, 0.4) is 0 Å². The van der Waals surface area contributed by atoms with Gasteiger partial charge in [0.05, 0.1) is 24.5 Å². The molecule has 34 heavy (non-hydrogen) atoms. The fraction of sp³-hybridized carbons (Fsp3) is 0.227. The van der Waals surface area contributed by atoms with Crippen molar-refractivity contribution in [3.05, 3.63) is 60.6 Å². The topological polar surface area (TPSA) is 131 Å². The number of aromatic nitrogens is 4. The molecule has 2 heterocycles. The second kappa shape index (κ2) is 11.6. The van der Waals surface area contributed by atoms with Crippen LogP contribution in [0, 0.1) is 0 Å². The molecule has 0 spiro atoms. The molecule has 0 bridgehead atoms. The van der Waals surface area contributed by atoms with Crippen LogP contribution in [0.25, 0.3) is 11.0 Å². The van der Waals surface area contributed by atoms with E-state index in [9.17, 15) is 13.5 Å². The maximum atomic E-state index is 12.9. The van der Waals surface area contributed by atoms with Crippen molar-refractivity contribution >= 4 is 89.8 Å². The van der Waals surface area contributed by atoms with Crippen LogP contribution in [-0.2, 0) is 23.5 Å². The number of nitrogens with one attached hydrogen (secondary N) is 2. The third-order valence-electron chi connectivity index (χ3n) is 4.93. The van der Waals surface area contributed by atoms with Crippen LogP contribution in [0.2, 0.25) is 0 Å². The molecule has 10 nitrogen and oxygen atoms in total. The quantitative estimate of drug-likeness (QED) is 0.295. The molecule has 0 aliphatic heterocycles. The van der Waals surface area contributed by atoms with Crippen molar-refractivity contribution in [3.8, 4) is 5.75 Å². The number of imidazole rings is 1. The van der Waals surface area contributed by atoms with Gasteiger partial charge >= 0.3 is 0 Å². The Labute approximate surface area is 240 Å². The van der Waals surface area contributed by atoms with E-state index in [-0.39, 0.29) is 74.7 Å². The number of aliphatic hydroxyl groups is 1. The summed E-state index contributed by atoms with van der Waals surface area (Å²) in [6.07, 6.45) is 3.99. The molecule has 1 radical (unpaired) electrons. The Kier molecular flexibility index (Phi) is 9.04. The zero-order valence-electron chi connectivity index (χ0n) is 19.2. The van der Waals surface area contributed by atoms with Gasteiger partial charge in [-0.1, -0.05) is 18.2 Å². The summed E-state index contributed by atoms with van der Waals surface area (Å²) in [5, 5.41) is 12.3. The van der Waals surface area contributed by atoms with Crippen molar-refractivity contribution in [2.24, 2.45) is 7.05 Å². The number of para-hydroxylation sites is 2. The van der Waals surface area contributed by atoms with Gasteiger partial charge < -0.3 is 19.7 Å². The summed E-state index contributed by atoms with van der Waals surface area (Å²) in [7, 11) is -0.745. The molecule has 4 aromatic rings. The Bertz CT molecular complexity index is 1390. The number of ether oxygens (including phenoxy) is 1. The number of aryl methyl sites for hydroxylation is 2. The van der Waals surface area contributed by atoms with Crippen molar-refractivity contribution in [3.63, 3.8) is 0 Å². The van der Waals surface area contributed by atoms with E-state index in [1.165, 1.54) is 12.5 Å². The summed E-state index contributed by atoms with van der Waals surface area (Å²) in [5.41, 5.74) is 2.72. The normalized spacial score (nSPS) is 11.1. The van der Waals surface area contributed by atoms with Crippen molar-refractivity contribution in [1.82, 2.24) is 19.5 Å². The van der Waals surface area contributed by atoms with Gasteiger partial charge in [-0.2, -0.15) is 8.42 Å². The van der Waals surface area contributed by atoms with Gasteiger partial charge in [0, 0.05) is 83.0 Å². The van der Waals surface area contributed by atoms with Crippen LogP contribution >= 0.6 is 0 Å². The summed E-state index contributed by atoms with van der Waals surface area (Å²) >= 11 is 0. The van der Waals surface area contributed by atoms with E-state index >= 15 is 0 Å². The Hall–Kier alpha value is -2.06. The number of benzene rings is 2. The van der Waals surface area contributed by atoms with E-state index in [0.29, 0.717) is 35.3 Å². The number of fused-ring (bicyclic) bond motifs is 1. The van der Waals surface area contributed by atoms with Crippen LogP contribution in [0.1, 0.15) is 12.0 Å². The molecular formula is C22H24KN6O4S. The van der Waals surface area contributed by atoms with Crippen molar-refractivity contribution in [2.45, 2.75) is 17.9 Å². The third-order valence-corrected chi connectivity index (χ3v) is 6.16. The summed E-state index contributed by atoms with van der Waals surface area (Å²) < 4.78 is 35.3. The van der Waals surface area contributed by atoms with Crippen molar-refractivity contribution < 1.29 is 18.3 Å². The zero-order valence-corrected chi connectivity index (χ0v) is 23.1. The number of nitrogens with zero attached hydrogens (tertiary/aromatic N) is 4. The Morgan fingerprint density at radius 3 is 2.41 bits per heavy atom. The number of hydrogen-bond acceptors (Lipinski definition) is 8. The molecule has 12 heteroatoms. The summed E-state index contributed by atoms with van der Waals surface area (Å²) in [6.45, 7) is 0.0520. The molecule has 0 atom stereocenters. The first-order valence-corrected chi connectivity index (χ1v) is 11.7. The minimum Gasteiger partial charge on any atom is -0.497 e. The molecule has 4 rings (SSSR count). The minimum absolute atomic E-state index is 0. The average Bonchev–Trinajstić information content (AvgIpc) is 3.25. The predicted molar refractivity (Wildman–Crippen MR) is 131 cm³/mol. The van der Waals surface area contributed by atoms with Gasteiger partial charge in [0.25, 0.3) is 10.0 Å². The fourth-order valence-electron chi connectivity index (χ4n) is 3.28. The Morgan fingerprint density at radius 2 is 1.79 bits per heavy atom. The van der Waals surface area contributed by atoms with Gasteiger partial charge in [-0.05, 0) is 36.6 Å². The maximum absolute atomic E-state index is 12.9. The molecule has 2 aromatic carbocycles. The van der Waals surface area contributed by atoms with E-state index < -0.39 is 10.0 Å². The fourth-order valence-corrected chi connectivity index (χ4v) is 4.27. The van der Waals surface area contributed by atoms with Crippen LogP contribution in [0.15, 0.2) is 60.0 Å². The Morgan fingerprint density at radius 1 is 1.09 bits per heavy atom. The first-order chi connectivity index (χ1) is 15.9. The molecule has 0 aliphatic carbocycles. The molecule has 0 saturated carbocycles. The molecule has 0 unspecified atom stereocenters. The maximum Gasteiger partial charge on any atom is 0.282 e. The smallest absolute Gasteiger partial charge is 0.282 e. The van der Waals surface area contributed by atoms with Crippen LogP contribution in [0.5, 0.6) is 5.75 Å². The molecule has 0 amide bonds. The summed E-state index contributed by atoms with van der Waals surface area (Å²) in [5.74, 6) is 0.886. The number of rotatable bonds is 9. The number of sulfonamides is 1. The van der Waals surface area contributed by atoms with E-state index in [1.54, 1.807) is 43.0 Å². The van der Waals surface area contributed by atoms with Crippen LogP contribution < -0.4 is 14.8 Å². The van der Waals surface area contributed by atoms with Crippen molar-refractivity contribution in [2.75, 3.05) is 23.8 Å². The SMILES string of the molecule is COc1ccc(CCCO)c(Nc2nc3ccccc3nc2NS(=O)(=O)c2cn(C)cn2)c1.[K]. The van der Waals surface area contributed by atoms with Gasteiger partial charge in [0.2, 0.25) is 0 Å². The van der Waals surface area contributed by atoms with Gasteiger partial charge in [-0.3, -0.25) is 4.72 Å². The molecule has 2 aromatic heterocycles. The van der Waals surface area contributed by atoms with Crippen LogP contribution in [-0.4, -0.2) is 98.1 Å². The van der Waals surface area contributed by atoms with E-state index in [2.05, 4.69) is 25.0 Å². The van der Waals surface area contributed by atoms with Crippen LogP contribution in [0.4, 0.5) is 17.3 Å². The second-order valence-corrected chi connectivity index (χ2v) is 9.00. The molecule has 3 N–H and O–H groups in total. The van der Waals surface area contributed by atoms with Gasteiger partial charge in [0.1, 0.15) is 5.75 Å². The average molecular weight is 508 g/mol. The summed E-state index contributed by atoms with van der Waals surface area (Å²) in [4.78, 5) is 13.0. The van der Waals surface area contributed by atoms with Crippen molar-refractivity contribution in [1.29, 1.82) is 0 Å². The molecule has 173 valence electrons. The number of hydrogen-bond donors (Lipinski definition) is 3. The van der Waals surface area contributed by atoms with E-state index in [0.717, 1.165) is 5.56 Å². The zero-order chi connectivity index (χ0) is 23.4. The molecule has 0 saturated heterocycles. The van der Waals surface area contributed by atoms with Gasteiger partial charge in [0.15, 0.2) is 16.7 Å². The largest absolute Gasteiger partial charge is 0.497 e. The number of anilines is 3. The molecule has 0 fully saturated rings. The molecular weight excluding hydrogens is 483 g/mol. The monoisotopic (exact) mass is 507 g/mol. The van der Waals surface area contributed by atoms with Gasteiger partial charge in [-0.25, -0.2) is 15.0 Å². The van der Waals surface area contributed by atoms with E-state index in [1.807, 2.05) is 18.2 Å². The number of methoxy groups -OCH3 is 1. The standard InChI is InChI=1S/C22H24N6O4S.K/c1-28-13-20(23-14-28)33(30,31)27-22-21(24-17-7-3-4-8-18(17)25-22)26-19-12-16(32-2)10-9-15(19)6-5-11-29;/h3-4,7-10,12-14,29H,5-6,11H2,1-2H3,(H,24,26)(H,25,27);. The summed E-state index contributed by atoms with van der Waals surface area (Å²) in [6, 6.07) is 12.7. The van der Waals surface area contributed by atoms with E-state index in [4.69, 9.17) is 4.74 Å². The van der Waals surface area contributed by atoms with Gasteiger partial charge in [-0.15, -0.1) is 0 Å². The number of aliphatic hydroxyl groups excluding tert-OH is 1. The molecule has 0 aliphatic rings. The minimum atomic E-state index is -4.00. The first-order valence-electron chi connectivity index (χ1n) is 10.2. The Balaban J connectivity index is 0.00000324.